The number of thioether (sulfide) groups is 1. The fourth-order valence-electron chi connectivity index (χ4n) is 2.15. The number of carbonyl (C=O) groups excluding carboxylic acids is 1. The molecule has 9 heteroatoms. The van der Waals surface area contributed by atoms with Gasteiger partial charge in [-0.1, -0.05) is 0 Å². The van der Waals surface area contributed by atoms with Crippen LogP contribution in [0.15, 0.2) is 12.1 Å². The maximum Gasteiger partial charge on any atom is 0.248 e. The summed E-state index contributed by atoms with van der Waals surface area (Å²) < 4.78 is 15.6. The molecule has 0 aliphatic heterocycles. The SMILES string of the molecule is COC[C@H](C)NC(=S)NNC(=O)CSCc1cc(OC)c(OC)cc1C. The second-order valence-corrected chi connectivity index (χ2v) is 7.02. The molecule has 0 radical (unpaired) electrons. The lowest BCUT2D eigenvalue weighted by Crippen LogP contribution is -2.50. The van der Waals surface area contributed by atoms with Crippen LogP contribution in [-0.4, -0.2) is 50.8 Å². The van der Waals surface area contributed by atoms with Crippen LogP contribution in [0.4, 0.5) is 0 Å². The molecule has 1 aromatic carbocycles. The number of thiocarbonyl (C=S) groups is 1. The lowest BCUT2D eigenvalue weighted by Gasteiger charge is -2.16. The minimum atomic E-state index is -0.156. The van der Waals surface area contributed by atoms with Crippen LogP contribution >= 0.6 is 24.0 Å². The first-order valence-electron chi connectivity index (χ1n) is 8.04. The van der Waals surface area contributed by atoms with E-state index in [9.17, 15) is 4.79 Å². The van der Waals surface area contributed by atoms with Gasteiger partial charge in [-0.05, 0) is 49.3 Å². The van der Waals surface area contributed by atoms with Gasteiger partial charge in [-0.15, -0.1) is 11.8 Å². The predicted molar refractivity (Wildman–Crippen MR) is 109 cm³/mol. The van der Waals surface area contributed by atoms with E-state index in [0.717, 1.165) is 11.1 Å². The van der Waals surface area contributed by atoms with Gasteiger partial charge in [0.1, 0.15) is 0 Å². The molecule has 3 N–H and O–H groups in total. The lowest BCUT2D eigenvalue weighted by atomic mass is 10.1. The maximum atomic E-state index is 11.9. The zero-order valence-corrected chi connectivity index (χ0v) is 17.4. The Labute approximate surface area is 164 Å². The van der Waals surface area contributed by atoms with Crippen molar-refractivity contribution in [1.82, 2.24) is 16.2 Å². The summed E-state index contributed by atoms with van der Waals surface area (Å²) in [5.41, 5.74) is 7.44. The average molecular weight is 402 g/mol. The zero-order chi connectivity index (χ0) is 19.5. The molecular weight excluding hydrogens is 374 g/mol. The number of benzene rings is 1. The number of aryl methyl sites for hydroxylation is 1. The highest BCUT2D eigenvalue weighted by Crippen LogP contribution is 2.31. The normalized spacial score (nSPS) is 11.4. The molecule has 0 bridgehead atoms. The third-order valence-corrected chi connectivity index (χ3v) is 4.64. The molecule has 0 unspecified atom stereocenters. The molecule has 1 amide bonds. The Morgan fingerprint density at radius 2 is 1.85 bits per heavy atom. The summed E-state index contributed by atoms with van der Waals surface area (Å²) in [5, 5.41) is 3.35. The van der Waals surface area contributed by atoms with Crippen LogP contribution in [0.1, 0.15) is 18.1 Å². The molecule has 1 rings (SSSR count). The van der Waals surface area contributed by atoms with Gasteiger partial charge < -0.3 is 19.5 Å². The first-order chi connectivity index (χ1) is 12.4. The van der Waals surface area contributed by atoms with E-state index < -0.39 is 0 Å². The minimum Gasteiger partial charge on any atom is -0.493 e. The number of hydrazine groups is 1. The van der Waals surface area contributed by atoms with Crippen molar-refractivity contribution in [3.8, 4) is 11.5 Å². The molecule has 0 aliphatic rings. The van der Waals surface area contributed by atoms with Crippen molar-refractivity contribution in [3.05, 3.63) is 23.3 Å². The van der Waals surface area contributed by atoms with Crippen LogP contribution in [0.25, 0.3) is 0 Å². The summed E-state index contributed by atoms with van der Waals surface area (Å²) in [6.45, 7) is 4.46. The summed E-state index contributed by atoms with van der Waals surface area (Å²) in [6, 6.07) is 3.93. The van der Waals surface area contributed by atoms with Gasteiger partial charge in [0.15, 0.2) is 16.6 Å². The second-order valence-electron chi connectivity index (χ2n) is 5.63. The van der Waals surface area contributed by atoms with Crippen LogP contribution in [0.5, 0.6) is 11.5 Å². The largest absolute Gasteiger partial charge is 0.493 e. The van der Waals surface area contributed by atoms with E-state index in [1.54, 1.807) is 21.3 Å². The quantitative estimate of drug-likeness (QED) is 0.427. The molecular formula is C17H27N3O4S2. The van der Waals surface area contributed by atoms with Gasteiger partial charge >= 0.3 is 0 Å². The van der Waals surface area contributed by atoms with Crippen LogP contribution < -0.4 is 25.6 Å². The van der Waals surface area contributed by atoms with Crippen LogP contribution in [0.3, 0.4) is 0 Å². The second kappa shape index (κ2) is 11.8. The Bertz CT molecular complexity index is 614. The van der Waals surface area contributed by atoms with Gasteiger partial charge in [0.05, 0.1) is 26.6 Å². The van der Waals surface area contributed by atoms with Gasteiger partial charge in [-0.3, -0.25) is 15.6 Å². The molecule has 7 nitrogen and oxygen atoms in total. The molecule has 146 valence electrons. The smallest absolute Gasteiger partial charge is 0.248 e. The van der Waals surface area contributed by atoms with Crippen molar-refractivity contribution in [1.29, 1.82) is 0 Å². The minimum absolute atomic E-state index is 0.0549. The molecule has 0 saturated carbocycles. The molecule has 1 aromatic rings. The van der Waals surface area contributed by atoms with Gasteiger partial charge in [-0.2, -0.15) is 0 Å². The lowest BCUT2D eigenvalue weighted by molar-refractivity contribution is -0.119. The highest BCUT2D eigenvalue weighted by molar-refractivity contribution is 7.99. The summed E-state index contributed by atoms with van der Waals surface area (Å²) >= 11 is 6.60. The highest BCUT2D eigenvalue weighted by Gasteiger charge is 2.10. The fraction of sp³-hybridized carbons (Fsp3) is 0.529. The van der Waals surface area contributed by atoms with E-state index in [-0.39, 0.29) is 11.9 Å². The van der Waals surface area contributed by atoms with Crippen molar-refractivity contribution in [2.24, 2.45) is 0 Å². The first-order valence-corrected chi connectivity index (χ1v) is 9.61. The summed E-state index contributed by atoms with van der Waals surface area (Å²) in [4.78, 5) is 11.9. The third kappa shape index (κ3) is 7.67. The van der Waals surface area contributed by atoms with E-state index in [1.165, 1.54) is 11.8 Å². The molecule has 0 spiro atoms. The van der Waals surface area contributed by atoms with Crippen molar-refractivity contribution in [2.45, 2.75) is 25.6 Å². The molecule has 26 heavy (non-hydrogen) atoms. The number of carbonyl (C=O) groups is 1. The Morgan fingerprint density at radius 1 is 1.19 bits per heavy atom. The van der Waals surface area contributed by atoms with Crippen molar-refractivity contribution in [3.63, 3.8) is 0 Å². The predicted octanol–water partition coefficient (Wildman–Crippen LogP) is 1.78. The van der Waals surface area contributed by atoms with Gasteiger partial charge in [-0.25, -0.2) is 0 Å². The van der Waals surface area contributed by atoms with E-state index in [1.807, 2.05) is 26.0 Å². The topological polar surface area (TPSA) is 80.9 Å². The van der Waals surface area contributed by atoms with E-state index in [0.29, 0.717) is 34.7 Å². The van der Waals surface area contributed by atoms with E-state index >= 15 is 0 Å². The molecule has 0 aliphatic carbocycles. The fourth-order valence-corrected chi connectivity index (χ4v) is 3.29. The third-order valence-electron chi connectivity index (χ3n) is 3.44. The number of methoxy groups -OCH3 is 3. The number of rotatable bonds is 9. The molecule has 0 saturated heterocycles. The van der Waals surface area contributed by atoms with Gasteiger partial charge in [0.25, 0.3) is 0 Å². The van der Waals surface area contributed by atoms with Crippen molar-refractivity contribution < 1.29 is 19.0 Å². The van der Waals surface area contributed by atoms with Gasteiger partial charge in [0.2, 0.25) is 5.91 Å². The highest BCUT2D eigenvalue weighted by atomic mass is 32.2. The van der Waals surface area contributed by atoms with E-state index in [4.69, 9.17) is 26.4 Å². The summed E-state index contributed by atoms with van der Waals surface area (Å²) in [5.74, 6) is 2.21. The van der Waals surface area contributed by atoms with Gasteiger partial charge in [0, 0.05) is 18.9 Å². The number of amides is 1. The standard InChI is InChI=1S/C17H27N3O4S2/c1-11-6-14(23-4)15(24-5)7-13(11)9-26-10-16(21)19-20-17(25)18-12(2)8-22-3/h6-7,12H,8-10H2,1-5H3,(H,19,21)(H2,18,20,25)/t12-/m0/s1. The number of hydrogen-bond donors (Lipinski definition) is 3. The Morgan fingerprint density at radius 3 is 2.46 bits per heavy atom. The van der Waals surface area contributed by atoms with Crippen LogP contribution in [0.2, 0.25) is 0 Å². The molecule has 1 atom stereocenters. The zero-order valence-electron chi connectivity index (χ0n) is 15.8. The average Bonchev–Trinajstić information content (AvgIpc) is 2.61. The first kappa shape index (κ1) is 22.3. The van der Waals surface area contributed by atoms with Crippen LogP contribution in [0, 0.1) is 6.92 Å². The summed E-state index contributed by atoms with van der Waals surface area (Å²) in [7, 11) is 4.83. The number of hydrogen-bond acceptors (Lipinski definition) is 6. The summed E-state index contributed by atoms with van der Waals surface area (Å²) in [6.07, 6.45) is 0. The monoisotopic (exact) mass is 401 g/mol. The maximum absolute atomic E-state index is 11.9. The Hall–Kier alpha value is -1.71. The number of ether oxygens (including phenoxy) is 3. The Balaban J connectivity index is 2.39. The number of nitrogens with one attached hydrogen (secondary N) is 3. The Kier molecular flexibility index (Phi) is 10.2. The van der Waals surface area contributed by atoms with E-state index in [2.05, 4.69) is 16.2 Å². The van der Waals surface area contributed by atoms with Crippen molar-refractivity contribution in [2.75, 3.05) is 33.7 Å². The van der Waals surface area contributed by atoms with Crippen LogP contribution in [-0.2, 0) is 15.3 Å². The molecule has 0 heterocycles. The van der Waals surface area contributed by atoms with Crippen molar-refractivity contribution >= 4 is 35.0 Å². The molecule has 0 aromatic heterocycles. The molecule has 0 fully saturated rings.